The van der Waals surface area contributed by atoms with Gasteiger partial charge in [0.05, 0.1) is 0 Å². The minimum Gasteiger partial charge on any atom is -0.329 e. The third-order valence-electron chi connectivity index (χ3n) is 5.49. The number of nitrogens with zero attached hydrogens (tertiary/aromatic N) is 1. The molecule has 2 rings (SSSR count). The fraction of sp³-hybridized carbons (Fsp3) is 0.667. The summed E-state index contributed by atoms with van der Waals surface area (Å²) in [6, 6.07) is 8.49. The van der Waals surface area contributed by atoms with Crippen LogP contribution in [0.3, 0.4) is 0 Å². The van der Waals surface area contributed by atoms with Crippen LogP contribution in [0, 0.1) is 11.3 Å². The Bertz CT molecular complexity index is 486. The van der Waals surface area contributed by atoms with Gasteiger partial charge in [0.25, 0.3) is 0 Å². The number of nitrogens with two attached hydrogens (primary N) is 1. The second-order valence-corrected chi connectivity index (χ2v) is 8.38. The summed E-state index contributed by atoms with van der Waals surface area (Å²) < 4.78 is 1.19. The molecule has 2 unspecified atom stereocenters. The van der Waals surface area contributed by atoms with Crippen LogP contribution in [0.1, 0.15) is 45.6 Å². The number of halogens is 1. The van der Waals surface area contributed by atoms with Crippen LogP contribution < -0.4 is 5.73 Å². The second-order valence-electron chi connectivity index (χ2n) is 7.52. The van der Waals surface area contributed by atoms with E-state index < -0.39 is 0 Å². The van der Waals surface area contributed by atoms with Crippen LogP contribution in [-0.2, 0) is 6.54 Å². The highest BCUT2D eigenvalue weighted by Gasteiger charge is 2.45. The minimum atomic E-state index is 0.130. The number of hydrogen-bond acceptors (Lipinski definition) is 2. The van der Waals surface area contributed by atoms with Crippen LogP contribution in [0.2, 0.25) is 0 Å². The Balaban J connectivity index is 2.19. The molecule has 1 aromatic rings. The van der Waals surface area contributed by atoms with Gasteiger partial charge in [0.2, 0.25) is 0 Å². The number of hydrogen-bond donors (Lipinski definition) is 1. The first-order valence-corrected chi connectivity index (χ1v) is 8.75. The number of rotatable bonds is 4. The van der Waals surface area contributed by atoms with E-state index in [1.54, 1.807) is 0 Å². The predicted molar refractivity (Wildman–Crippen MR) is 94.2 cm³/mol. The van der Waals surface area contributed by atoms with Crippen LogP contribution in [0.25, 0.3) is 0 Å². The molecule has 3 heteroatoms. The van der Waals surface area contributed by atoms with E-state index in [0.717, 1.165) is 13.1 Å². The molecule has 0 saturated heterocycles. The van der Waals surface area contributed by atoms with Crippen molar-refractivity contribution in [3.05, 3.63) is 34.3 Å². The Morgan fingerprint density at radius 2 is 1.95 bits per heavy atom. The summed E-state index contributed by atoms with van der Waals surface area (Å²) in [4.78, 5) is 2.49. The fourth-order valence-corrected chi connectivity index (χ4v) is 4.40. The molecule has 0 spiro atoms. The summed E-state index contributed by atoms with van der Waals surface area (Å²) in [6.45, 7) is 8.84. The van der Waals surface area contributed by atoms with E-state index in [1.165, 1.54) is 29.3 Å². The van der Waals surface area contributed by atoms with E-state index in [0.29, 0.717) is 11.3 Å². The summed E-state index contributed by atoms with van der Waals surface area (Å²) in [5, 5.41) is 0. The molecular weight excluding hydrogens is 324 g/mol. The predicted octanol–water partition coefficient (Wildman–Crippen LogP) is 4.42. The second kappa shape index (κ2) is 6.39. The zero-order valence-corrected chi connectivity index (χ0v) is 15.4. The zero-order chi connectivity index (χ0) is 15.7. The van der Waals surface area contributed by atoms with Gasteiger partial charge in [0, 0.05) is 23.1 Å². The smallest absolute Gasteiger partial charge is 0.0358 e. The first-order chi connectivity index (χ1) is 9.81. The lowest BCUT2D eigenvalue weighted by Crippen LogP contribution is -2.59. The van der Waals surface area contributed by atoms with Gasteiger partial charge in [-0.2, -0.15) is 0 Å². The van der Waals surface area contributed by atoms with Gasteiger partial charge >= 0.3 is 0 Å². The van der Waals surface area contributed by atoms with Crippen molar-refractivity contribution in [2.75, 3.05) is 13.6 Å². The van der Waals surface area contributed by atoms with E-state index in [2.05, 4.69) is 72.9 Å². The van der Waals surface area contributed by atoms with Crippen LogP contribution in [-0.4, -0.2) is 24.0 Å². The molecule has 0 heterocycles. The molecule has 1 fully saturated rings. The van der Waals surface area contributed by atoms with Crippen molar-refractivity contribution in [2.45, 2.75) is 52.1 Å². The molecule has 0 aromatic heterocycles. The molecule has 1 aliphatic carbocycles. The van der Waals surface area contributed by atoms with Crippen LogP contribution in [0.15, 0.2) is 28.7 Å². The average molecular weight is 353 g/mol. The summed E-state index contributed by atoms with van der Waals surface area (Å²) in [7, 11) is 2.24. The van der Waals surface area contributed by atoms with Crippen molar-refractivity contribution in [1.29, 1.82) is 0 Å². The Kier molecular flexibility index (Phi) is 5.17. The maximum Gasteiger partial charge on any atom is 0.0358 e. The van der Waals surface area contributed by atoms with Gasteiger partial charge in [0.1, 0.15) is 0 Å². The Morgan fingerprint density at radius 1 is 1.29 bits per heavy atom. The van der Waals surface area contributed by atoms with Crippen LogP contribution >= 0.6 is 15.9 Å². The first-order valence-electron chi connectivity index (χ1n) is 7.95. The van der Waals surface area contributed by atoms with Crippen molar-refractivity contribution in [2.24, 2.45) is 17.1 Å². The molecule has 1 aromatic carbocycles. The Morgan fingerprint density at radius 3 is 2.52 bits per heavy atom. The van der Waals surface area contributed by atoms with Crippen molar-refractivity contribution in [3.8, 4) is 0 Å². The maximum absolute atomic E-state index is 6.26. The third kappa shape index (κ3) is 3.52. The van der Waals surface area contributed by atoms with Gasteiger partial charge in [-0.05, 0) is 49.3 Å². The summed E-state index contributed by atoms with van der Waals surface area (Å²) >= 11 is 3.66. The molecule has 2 N–H and O–H groups in total. The molecule has 2 atom stereocenters. The van der Waals surface area contributed by atoms with Gasteiger partial charge < -0.3 is 5.73 Å². The molecular formula is C18H29BrN2. The van der Waals surface area contributed by atoms with Gasteiger partial charge in [-0.25, -0.2) is 0 Å². The quantitative estimate of drug-likeness (QED) is 0.868. The zero-order valence-electron chi connectivity index (χ0n) is 13.8. The highest BCUT2D eigenvalue weighted by molar-refractivity contribution is 9.10. The molecule has 21 heavy (non-hydrogen) atoms. The van der Waals surface area contributed by atoms with Gasteiger partial charge in [0.15, 0.2) is 0 Å². The van der Waals surface area contributed by atoms with E-state index in [9.17, 15) is 0 Å². The van der Waals surface area contributed by atoms with Crippen molar-refractivity contribution in [1.82, 2.24) is 4.90 Å². The Hall–Kier alpha value is -0.380. The molecule has 0 radical (unpaired) electrons. The third-order valence-corrected chi connectivity index (χ3v) is 6.26. The molecule has 0 aliphatic heterocycles. The lowest BCUT2D eigenvalue weighted by Gasteiger charge is -2.53. The normalized spacial score (nSPS) is 28.8. The summed E-state index contributed by atoms with van der Waals surface area (Å²) in [5.41, 5.74) is 8.17. The monoisotopic (exact) mass is 352 g/mol. The van der Waals surface area contributed by atoms with Gasteiger partial charge in [-0.15, -0.1) is 0 Å². The van der Waals surface area contributed by atoms with Crippen molar-refractivity contribution < 1.29 is 0 Å². The van der Waals surface area contributed by atoms with E-state index in [1.807, 2.05) is 0 Å². The largest absolute Gasteiger partial charge is 0.329 e. The van der Waals surface area contributed by atoms with E-state index in [-0.39, 0.29) is 5.54 Å². The maximum atomic E-state index is 6.26. The summed E-state index contributed by atoms with van der Waals surface area (Å²) in [6.07, 6.45) is 3.71. The molecule has 0 amide bonds. The Labute approximate surface area is 138 Å². The molecule has 118 valence electrons. The highest BCUT2D eigenvalue weighted by Crippen LogP contribution is 2.46. The standard InChI is InChI=1S/C18H29BrN2/c1-14-11-17(2,3)9-10-18(14,13-20)21(4)12-15-7-5-6-8-16(15)19/h5-8,14H,9-13,20H2,1-4H3. The molecule has 2 nitrogen and oxygen atoms in total. The van der Waals surface area contributed by atoms with Gasteiger partial charge in [-0.1, -0.05) is 54.9 Å². The highest BCUT2D eigenvalue weighted by atomic mass is 79.9. The van der Waals surface area contributed by atoms with Gasteiger partial charge in [-0.3, -0.25) is 4.90 Å². The van der Waals surface area contributed by atoms with Crippen LogP contribution in [0.5, 0.6) is 0 Å². The summed E-state index contributed by atoms with van der Waals surface area (Å²) in [5.74, 6) is 0.624. The average Bonchev–Trinajstić information content (AvgIpc) is 2.41. The topological polar surface area (TPSA) is 29.3 Å². The number of likely N-dealkylation sites (N-methyl/N-ethyl adjacent to an activating group) is 1. The number of benzene rings is 1. The van der Waals surface area contributed by atoms with Crippen molar-refractivity contribution >= 4 is 15.9 Å². The van der Waals surface area contributed by atoms with E-state index >= 15 is 0 Å². The fourth-order valence-electron chi connectivity index (χ4n) is 3.99. The van der Waals surface area contributed by atoms with Crippen LogP contribution in [0.4, 0.5) is 0 Å². The van der Waals surface area contributed by atoms with E-state index in [4.69, 9.17) is 5.73 Å². The molecule has 1 saturated carbocycles. The molecule has 1 aliphatic rings. The minimum absolute atomic E-state index is 0.130. The molecule has 0 bridgehead atoms. The first kappa shape index (κ1) is 17.0. The lowest BCUT2D eigenvalue weighted by atomic mass is 9.63. The SMILES string of the molecule is CC1CC(C)(C)CCC1(CN)N(C)Cc1ccccc1Br. The lowest BCUT2D eigenvalue weighted by molar-refractivity contribution is -0.0118. The van der Waals surface area contributed by atoms with Crippen molar-refractivity contribution in [3.63, 3.8) is 0 Å².